The van der Waals surface area contributed by atoms with E-state index in [2.05, 4.69) is 4.90 Å². The minimum Gasteiger partial charge on any atom is -0.508 e. The number of aromatic hydroxyl groups is 1. The van der Waals surface area contributed by atoms with Crippen LogP contribution in [0.25, 0.3) is 0 Å². The Morgan fingerprint density at radius 2 is 2.28 bits per heavy atom. The van der Waals surface area contributed by atoms with E-state index in [0.29, 0.717) is 24.3 Å². The van der Waals surface area contributed by atoms with Crippen LogP contribution in [-0.2, 0) is 11.3 Å². The molecule has 1 saturated carbocycles. The highest BCUT2D eigenvalue weighted by atomic mass is 19.1. The summed E-state index contributed by atoms with van der Waals surface area (Å²) < 4.78 is 19.0. The first kappa shape index (κ1) is 11.9. The molecular formula is C14H18FNO2. The lowest BCUT2D eigenvalue weighted by Gasteiger charge is -2.37. The van der Waals surface area contributed by atoms with E-state index in [4.69, 9.17) is 4.74 Å². The Morgan fingerprint density at radius 1 is 1.39 bits per heavy atom. The molecule has 2 fully saturated rings. The second-order valence-electron chi connectivity index (χ2n) is 5.15. The summed E-state index contributed by atoms with van der Waals surface area (Å²) in [6.45, 7) is 2.20. The number of phenolic OH excluding ortho intramolecular Hbond substituents is 1. The van der Waals surface area contributed by atoms with Crippen molar-refractivity contribution in [1.82, 2.24) is 4.90 Å². The number of fused-ring (bicyclic) bond motifs is 1. The van der Waals surface area contributed by atoms with Gasteiger partial charge >= 0.3 is 0 Å². The summed E-state index contributed by atoms with van der Waals surface area (Å²) in [5, 5.41) is 9.78. The van der Waals surface area contributed by atoms with Gasteiger partial charge in [0.1, 0.15) is 11.6 Å². The third kappa shape index (κ3) is 2.22. The molecule has 0 aromatic heterocycles. The predicted octanol–water partition coefficient (Wildman–Crippen LogP) is 2.28. The summed E-state index contributed by atoms with van der Waals surface area (Å²) in [5.41, 5.74) is 0.669. The second kappa shape index (κ2) is 4.86. The number of rotatable bonds is 2. The van der Waals surface area contributed by atoms with Gasteiger partial charge in [-0.3, -0.25) is 4.90 Å². The third-order valence-electron chi connectivity index (χ3n) is 4.01. The summed E-state index contributed by atoms with van der Waals surface area (Å²) in [4.78, 5) is 2.32. The molecule has 1 aliphatic heterocycles. The van der Waals surface area contributed by atoms with Crippen molar-refractivity contribution < 1.29 is 14.2 Å². The standard InChI is InChI=1S/C14H18FNO2/c15-11-4-5-13(17)10(8-11)9-16-6-7-18-14-3-1-2-12(14)16/h4-5,8,12,14,17H,1-3,6-7,9H2. The van der Waals surface area contributed by atoms with Crippen molar-refractivity contribution in [3.05, 3.63) is 29.6 Å². The van der Waals surface area contributed by atoms with E-state index in [1.54, 1.807) is 0 Å². The van der Waals surface area contributed by atoms with E-state index in [9.17, 15) is 9.50 Å². The van der Waals surface area contributed by atoms with Crippen LogP contribution in [0.1, 0.15) is 24.8 Å². The summed E-state index contributed by atoms with van der Waals surface area (Å²) in [5.74, 6) is -0.114. The normalized spacial score (nSPS) is 28.3. The van der Waals surface area contributed by atoms with Crippen LogP contribution in [0.2, 0.25) is 0 Å². The molecule has 1 aliphatic carbocycles. The number of phenols is 1. The maximum atomic E-state index is 13.2. The maximum Gasteiger partial charge on any atom is 0.123 e. The highest BCUT2D eigenvalue weighted by molar-refractivity contribution is 5.32. The average Bonchev–Trinajstić information content (AvgIpc) is 2.83. The Balaban J connectivity index is 1.77. The van der Waals surface area contributed by atoms with Crippen LogP contribution < -0.4 is 0 Å². The zero-order chi connectivity index (χ0) is 12.5. The first-order valence-corrected chi connectivity index (χ1v) is 6.57. The monoisotopic (exact) mass is 251 g/mol. The Morgan fingerprint density at radius 3 is 3.17 bits per heavy atom. The third-order valence-corrected chi connectivity index (χ3v) is 4.01. The highest BCUT2D eigenvalue weighted by Crippen LogP contribution is 2.31. The van der Waals surface area contributed by atoms with E-state index in [1.165, 1.54) is 24.6 Å². The molecule has 0 spiro atoms. The number of hydrogen-bond donors (Lipinski definition) is 1. The van der Waals surface area contributed by atoms with Crippen molar-refractivity contribution in [2.24, 2.45) is 0 Å². The molecule has 2 unspecified atom stereocenters. The lowest BCUT2D eigenvalue weighted by atomic mass is 10.1. The Kier molecular flexibility index (Phi) is 3.22. The molecule has 3 rings (SSSR count). The molecule has 18 heavy (non-hydrogen) atoms. The molecule has 1 aromatic carbocycles. The Hall–Kier alpha value is -1.13. The summed E-state index contributed by atoms with van der Waals surface area (Å²) in [6.07, 6.45) is 3.78. The predicted molar refractivity (Wildman–Crippen MR) is 65.9 cm³/mol. The Labute approximate surface area is 106 Å². The van der Waals surface area contributed by atoms with Crippen molar-refractivity contribution in [2.45, 2.75) is 38.0 Å². The lowest BCUT2D eigenvalue weighted by molar-refractivity contribution is -0.0590. The molecule has 0 bridgehead atoms. The minimum atomic E-state index is -0.293. The fourth-order valence-electron chi connectivity index (χ4n) is 3.10. The molecule has 3 nitrogen and oxygen atoms in total. The van der Waals surface area contributed by atoms with Crippen molar-refractivity contribution in [3.8, 4) is 5.75 Å². The number of nitrogens with zero attached hydrogens (tertiary/aromatic N) is 1. The number of benzene rings is 1. The van der Waals surface area contributed by atoms with E-state index in [1.807, 2.05) is 0 Å². The molecule has 2 atom stereocenters. The molecule has 2 aliphatic rings. The molecule has 4 heteroatoms. The molecule has 1 aromatic rings. The molecule has 1 N–H and O–H groups in total. The van der Waals surface area contributed by atoms with Gasteiger partial charge in [-0.15, -0.1) is 0 Å². The van der Waals surface area contributed by atoms with Gasteiger partial charge in [-0.2, -0.15) is 0 Å². The first-order valence-electron chi connectivity index (χ1n) is 6.57. The fraction of sp³-hybridized carbons (Fsp3) is 0.571. The number of ether oxygens (including phenoxy) is 1. The topological polar surface area (TPSA) is 32.7 Å². The van der Waals surface area contributed by atoms with Gasteiger partial charge < -0.3 is 9.84 Å². The zero-order valence-electron chi connectivity index (χ0n) is 10.3. The van der Waals surface area contributed by atoms with E-state index in [0.717, 1.165) is 26.0 Å². The largest absolute Gasteiger partial charge is 0.508 e. The molecule has 1 saturated heterocycles. The summed E-state index contributed by atoms with van der Waals surface area (Å²) in [6, 6.07) is 4.57. The average molecular weight is 251 g/mol. The van der Waals surface area contributed by atoms with Gasteiger partial charge in [0, 0.05) is 24.7 Å². The van der Waals surface area contributed by atoms with Gasteiger partial charge in [0.05, 0.1) is 12.7 Å². The number of hydrogen-bond acceptors (Lipinski definition) is 3. The molecule has 0 amide bonds. The summed E-state index contributed by atoms with van der Waals surface area (Å²) >= 11 is 0. The van der Waals surface area contributed by atoms with Gasteiger partial charge in [-0.05, 0) is 37.5 Å². The number of morpholine rings is 1. The van der Waals surface area contributed by atoms with E-state index < -0.39 is 0 Å². The van der Waals surface area contributed by atoms with Crippen LogP contribution in [0, 0.1) is 5.82 Å². The van der Waals surface area contributed by atoms with Crippen LogP contribution in [0.5, 0.6) is 5.75 Å². The van der Waals surface area contributed by atoms with Crippen LogP contribution >= 0.6 is 0 Å². The molecule has 98 valence electrons. The fourth-order valence-corrected chi connectivity index (χ4v) is 3.10. The van der Waals surface area contributed by atoms with Crippen LogP contribution in [-0.4, -0.2) is 35.3 Å². The lowest BCUT2D eigenvalue weighted by Crippen LogP contribution is -2.47. The van der Waals surface area contributed by atoms with Gasteiger partial charge in [0.2, 0.25) is 0 Å². The van der Waals surface area contributed by atoms with Gasteiger partial charge in [0.25, 0.3) is 0 Å². The van der Waals surface area contributed by atoms with Gasteiger partial charge in [-0.1, -0.05) is 0 Å². The van der Waals surface area contributed by atoms with E-state index >= 15 is 0 Å². The minimum absolute atomic E-state index is 0.178. The van der Waals surface area contributed by atoms with Crippen molar-refractivity contribution in [2.75, 3.05) is 13.2 Å². The highest BCUT2D eigenvalue weighted by Gasteiger charge is 2.36. The van der Waals surface area contributed by atoms with Crippen molar-refractivity contribution in [1.29, 1.82) is 0 Å². The quantitative estimate of drug-likeness (QED) is 0.875. The van der Waals surface area contributed by atoms with Gasteiger partial charge in [-0.25, -0.2) is 4.39 Å². The smallest absolute Gasteiger partial charge is 0.123 e. The first-order chi connectivity index (χ1) is 8.74. The van der Waals surface area contributed by atoms with Crippen LogP contribution in [0.4, 0.5) is 4.39 Å². The maximum absolute atomic E-state index is 13.2. The molecule has 0 radical (unpaired) electrons. The SMILES string of the molecule is Oc1ccc(F)cc1CN1CCOC2CCCC21. The van der Waals surface area contributed by atoms with Crippen LogP contribution in [0.15, 0.2) is 18.2 Å². The molecular weight excluding hydrogens is 233 g/mol. The van der Waals surface area contributed by atoms with Crippen LogP contribution in [0.3, 0.4) is 0 Å². The Bertz CT molecular complexity index is 438. The van der Waals surface area contributed by atoms with Crippen molar-refractivity contribution >= 4 is 0 Å². The van der Waals surface area contributed by atoms with E-state index in [-0.39, 0.29) is 11.6 Å². The second-order valence-corrected chi connectivity index (χ2v) is 5.15. The number of halogens is 1. The summed E-state index contributed by atoms with van der Waals surface area (Å²) in [7, 11) is 0. The van der Waals surface area contributed by atoms with Crippen molar-refractivity contribution in [3.63, 3.8) is 0 Å². The molecule has 1 heterocycles. The van der Waals surface area contributed by atoms with Gasteiger partial charge in [0.15, 0.2) is 0 Å². The zero-order valence-corrected chi connectivity index (χ0v) is 10.3.